The maximum Gasteiger partial charge on any atom is 0.260 e. The smallest absolute Gasteiger partial charge is 0.260 e. The summed E-state index contributed by atoms with van der Waals surface area (Å²) >= 11 is 2.53. The molecule has 4 rings (SSSR count). The molecule has 0 unspecified atom stereocenters. The van der Waals surface area contributed by atoms with E-state index in [0.717, 1.165) is 27.8 Å². The van der Waals surface area contributed by atoms with Crippen molar-refractivity contribution < 1.29 is 13.9 Å². The summed E-state index contributed by atoms with van der Waals surface area (Å²) in [5, 5.41) is 3.62. The topological polar surface area (TPSA) is 84.1 Å². The Labute approximate surface area is 185 Å². The zero-order valence-electron chi connectivity index (χ0n) is 16.7. The van der Waals surface area contributed by atoms with E-state index in [0.29, 0.717) is 26.8 Å². The van der Waals surface area contributed by atoms with Gasteiger partial charge in [0, 0.05) is 10.4 Å². The molecular weight excluding hydrogens is 437 g/mol. The number of nitrogens with one attached hydrogen (secondary N) is 2. The summed E-state index contributed by atoms with van der Waals surface area (Å²) in [7, 11) is 1.53. The van der Waals surface area contributed by atoms with Crippen LogP contribution in [0.2, 0.25) is 0 Å². The number of carbonyl (C=O) groups excluding carboxylic acids is 1. The molecule has 0 fully saturated rings. The fourth-order valence-corrected chi connectivity index (χ4v) is 4.96. The third kappa shape index (κ3) is 4.47. The van der Waals surface area contributed by atoms with Crippen LogP contribution in [0.15, 0.2) is 58.5 Å². The lowest BCUT2D eigenvalue weighted by Crippen LogP contribution is -2.16. The van der Waals surface area contributed by atoms with Gasteiger partial charge in [0.2, 0.25) is 5.91 Å². The van der Waals surface area contributed by atoms with E-state index in [2.05, 4.69) is 15.3 Å². The SMILES string of the molecule is COc1ccccc1NC(=O)CSc1nc2sc(C)c(-c3ccc(F)cc3)c2c(=O)[nH]1. The number of methoxy groups -OCH3 is 1. The van der Waals surface area contributed by atoms with Crippen LogP contribution in [0.3, 0.4) is 0 Å². The summed E-state index contributed by atoms with van der Waals surface area (Å²) in [6.45, 7) is 1.90. The number of hydrogen-bond acceptors (Lipinski definition) is 6. The second kappa shape index (κ2) is 8.91. The lowest BCUT2D eigenvalue weighted by atomic mass is 10.0. The van der Waals surface area contributed by atoms with Gasteiger partial charge < -0.3 is 15.0 Å². The van der Waals surface area contributed by atoms with Gasteiger partial charge >= 0.3 is 0 Å². The van der Waals surface area contributed by atoms with Crippen LogP contribution in [-0.2, 0) is 4.79 Å². The normalized spacial score (nSPS) is 10.9. The lowest BCUT2D eigenvalue weighted by Gasteiger charge is -2.09. The summed E-state index contributed by atoms with van der Waals surface area (Å²) in [4.78, 5) is 33.9. The summed E-state index contributed by atoms with van der Waals surface area (Å²) in [6.07, 6.45) is 0. The highest BCUT2D eigenvalue weighted by atomic mass is 32.2. The summed E-state index contributed by atoms with van der Waals surface area (Å²) in [6, 6.07) is 13.1. The van der Waals surface area contributed by atoms with Crippen LogP contribution >= 0.6 is 23.1 Å². The van der Waals surface area contributed by atoms with Gasteiger partial charge in [-0.1, -0.05) is 36.0 Å². The minimum atomic E-state index is -0.335. The number of thioether (sulfide) groups is 1. The molecule has 9 heteroatoms. The van der Waals surface area contributed by atoms with E-state index in [1.165, 1.54) is 30.6 Å². The molecule has 2 heterocycles. The van der Waals surface area contributed by atoms with Crippen molar-refractivity contribution in [2.24, 2.45) is 0 Å². The van der Waals surface area contributed by atoms with Gasteiger partial charge in [-0.15, -0.1) is 11.3 Å². The third-order valence-corrected chi connectivity index (χ3v) is 6.44. The third-order valence-electron chi connectivity index (χ3n) is 4.57. The van der Waals surface area contributed by atoms with Crippen molar-refractivity contribution in [3.63, 3.8) is 0 Å². The van der Waals surface area contributed by atoms with E-state index >= 15 is 0 Å². The number of aryl methyl sites for hydroxylation is 1. The van der Waals surface area contributed by atoms with E-state index in [1.807, 2.05) is 13.0 Å². The predicted molar refractivity (Wildman–Crippen MR) is 123 cm³/mol. The van der Waals surface area contributed by atoms with E-state index in [9.17, 15) is 14.0 Å². The monoisotopic (exact) mass is 455 g/mol. The number of para-hydroxylation sites is 2. The number of H-pyrrole nitrogens is 1. The first-order chi connectivity index (χ1) is 15.0. The lowest BCUT2D eigenvalue weighted by molar-refractivity contribution is -0.113. The van der Waals surface area contributed by atoms with Crippen molar-refractivity contribution in [2.75, 3.05) is 18.2 Å². The number of anilines is 1. The number of ether oxygens (including phenoxy) is 1. The second-order valence-corrected chi connectivity index (χ2v) is 8.80. The van der Waals surface area contributed by atoms with Gasteiger partial charge in [0.1, 0.15) is 16.4 Å². The number of amides is 1. The first-order valence-corrected chi connectivity index (χ1v) is 11.1. The molecule has 0 radical (unpaired) electrons. The number of benzene rings is 2. The van der Waals surface area contributed by atoms with Crippen molar-refractivity contribution >= 4 is 44.9 Å². The second-order valence-electron chi connectivity index (χ2n) is 6.63. The largest absolute Gasteiger partial charge is 0.495 e. The fourth-order valence-electron chi connectivity index (χ4n) is 3.20. The van der Waals surface area contributed by atoms with Gasteiger partial charge in [-0.2, -0.15) is 0 Å². The maximum absolute atomic E-state index is 13.3. The van der Waals surface area contributed by atoms with Crippen LogP contribution < -0.4 is 15.6 Å². The summed E-state index contributed by atoms with van der Waals surface area (Å²) < 4.78 is 18.5. The minimum Gasteiger partial charge on any atom is -0.495 e. The first kappa shape index (κ1) is 21.1. The van der Waals surface area contributed by atoms with E-state index < -0.39 is 0 Å². The van der Waals surface area contributed by atoms with Crippen LogP contribution in [-0.4, -0.2) is 28.7 Å². The molecule has 2 N–H and O–H groups in total. The van der Waals surface area contributed by atoms with E-state index in [1.54, 1.807) is 30.3 Å². The highest BCUT2D eigenvalue weighted by molar-refractivity contribution is 7.99. The molecule has 2 aromatic carbocycles. The zero-order chi connectivity index (χ0) is 22.0. The number of aromatic amines is 1. The standard InChI is InChI=1S/C22H18FN3O3S2/c1-12-18(13-7-9-14(23)10-8-13)19-20(28)25-22(26-21(19)31-12)30-11-17(27)24-15-5-3-4-6-16(15)29-2/h3-10H,11H2,1-2H3,(H,24,27)(H,25,26,28). The van der Waals surface area contributed by atoms with E-state index in [4.69, 9.17) is 4.74 Å². The predicted octanol–water partition coefficient (Wildman–Crippen LogP) is 4.84. The summed E-state index contributed by atoms with van der Waals surface area (Å²) in [5.74, 6) is 0.0580. The highest BCUT2D eigenvalue weighted by Crippen LogP contribution is 2.36. The molecule has 2 aromatic heterocycles. The maximum atomic E-state index is 13.3. The molecule has 0 saturated carbocycles. The molecule has 0 aliphatic rings. The Morgan fingerprint density at radius 3 is 2.71 bits per heavy atom. The van der Waals surface area contributed by atoms with Crippen LogP contribution in [0.4, 0.5) is 10.1 Å². The van der Waals surface area contributed by atoms with Crippen molar-refractivity contribution in [2.45, 2.75) is 12.1 Å². The highest BCUT2D eigenvalue weighted by Gasteiger charge is 2.17. The summed E-state index contributed by atoms with van der Waals surface area (Å²) in [5.41, 5.74) is 1.79. The molecule has 1 amide bonds. The van der Waals surface area contributed by atoms with Crippen molar-refractivity contribution in [1.29, 1.82) is 0 Å². The van der Waals surface area contributed by atoms with Crippen molar-refractivity contribution in [1.82, 2.24) is 9.97 Å². The van der Waals surface area contributed by atoms with Gasteiger partial charge in [-0.25, -0.2) is 9.37 Å². The van der Waals surface area contributed by atoms with Gasteiger partial charge in [0.05, 0.1) is 23.9 Å². The quantitative estimate of drug-likeness (QED) is 0.321. The molecule has 0 saturated heterocycles. The first-order valence-electron chi connectivity index (χ1n) is 9.31. The Morgan fingerprint density at radius 2 is 1.97 bits per heavy atom. The molecule has 0 aliphatic heterocycles. The Bertz CT molecular complexity index is 1320. The molecule has 4 aromatic rings. The van der Waals surface area contributed by atoms with Crippen LogP contribution in [0.1, 0.15) is 4.88 Å². The molecule has 0 spiro atoms. The number of carbonyl (C=O) groups is 1. The average molecular weight is 456 g/mol. The number of fused-ring (bicyclic) bond motifs is 1. The average Bonchev–Trinajstić information content (AvgIpc) is 3.09. The van der Waals surface area contributed by atoms with Crippen molar-refractivity contribution in [3.8, 4) is 16.9 Å². The number of nitrogens with zero attached hydrogens (tertiary/aromatic N) is 1. The Hall–Kier alpha value is -3.17. The van der Waals surface area contributed by atoms with Gasteiger partial charge in [-0.3, -0.25) is 9.59 Å². The van der Waals surface area contributed by atoms with Gasteiger partial charge in [-0.05, 0) is 36.8 Å². The molecule has 0 aliphatic carbocycles. The number of hydrogen-bond donors (Lipinski definition) is 2. The molecular formula is C22H18FN3O3S2. The number of thiophene rings is 1. The molecule has 31 heavy (non-hydrogen) atoms. The molecule has 6 nitrogen and oxygen atoms in total. The number of rotatable bonds is 6. The van der Waals surface area contributed by atoms with Crippen LogP contribution in [0.5, 0.6) is 5.75 Å². The fraction of sp³-hybridized carbons (Fsp3) is 0.136. The van der Waals surface area contributed by atoms with Gasteiger partial charge in [0.25, 0.3) is 5.56 Å². The van der Waals surface area contributed by atoms with E-state index in [-0.39, 0.29) is 23.0 Å². The Balaban J connectivity index is 1.55. The molecule has 0 atom stereocenters. The van der Waals surface area contributed by atoms with Gasteiger partial charge in [0.15, 0.2) is 5.16 Å². The van der Waals surface area contributed by atoms with Crippen LogP contribution in [0, 0.1) is 12.7 Å². The van der Waals surface area contributed by atoms with Crippen LogP contribution in [0.25, 0.3) is 21.3 Å². The Morgan fingerprint density at radius 1 is 1.23 bits per heavy atom. The number of aromatic nitrogens is 2. The molecule has 0 bridgehead atoms. The number of halogens is 1. The minimum absolute atomic E-state index is 0.0711. The Kier molecular flexibility index (Phi) is 6.06. The molecule has 158 valence electrons. The zero-order valence-corrected chi connectivity index (χ0v) is 18.3. The van der Waals surface area contributed by atoms with Crippen molar-refractivity contribution in [3.05, 3.63) is 69.6 Å².